The quantitative estimate of drug-likeness (QED) is 0.923. The average Bonchev–Trinajstić information content (AvgIpc) is 3.04. The summed E-state index contributed by atoms with van der Waals surface area (Å²) in [4.78, 5) is 5.05. The maximum Gasteiger partial charge on any atom is 0.0743 e. The van der Waals surface area contributed by atoms with Gasteiger partial charge < -0.3 is 10.0 Å². The van der Waals surface area contributed by atoms with E-state index in [0.717, 1.165) is 38.0 Å². The molecule has 0 bridgehead atoms. The van der Waals surface area contributed by atoms with Gasteiger partial charge in [0.05, 0.1) is 5.60 Å². The molecule has 0 spiro atoms. The number of benzene rings is 1. The van der Waals surface area contributed by atoms with Gasteiger partial charge in [0.2, 0.25) is 0 Å². The molecule has 0 aliphatic carbocycles. The van der Waals surface area contributed by atoms with Gasteiger partial charge in [-0.2, -0.15) is 0 Å². The smallest absolute Gasteiger partial charge is 0.0743 e. The maximum absolute atomic E-state index is 10.3. The fourth-order valence-electron chi connectivity index (χ4n) is 4.08. The van der Waals surface area contributed by atoms with Crippen molar-refractivity contribution >= 4 is 5.69 Å². The van der Waals surface area contributed by atoms with Crippen LogP contribution in [-0.2, 0) is 0 Å². The minimum atomic E-state index is -0.621. The van der Waals surface area contributed by atoms with Gasteiger partial charge in [0, 0.05) is 37.9 Å². The molecular formula is C20H32N2O. The maximum atomic E-state index is 10.3. The summed E-state index contributed by atoms with van der Waals surface area (Å²) in [5.41, 5.74) is 2.19. The minimum Gasteiger partial charge on any atom is -0.389 e. The molecule has 3 rings (SSSR count). The van der Waals surface area contributed by atoms with Crippen LogP contribution in [0.4, 0.5) is 5.69 Å². The van der Waals surface area contributed by atoms with Gasteiger partial charge in [0.15, 0.2) is 0 Å². The van der Waals surface area contributed by atoms with Crippen LogP contribution in [0.25, 0.3) is 0 Å². The van der Waals surface area contributed by atoms with Gasteiger partial charge in [-0.25, -0.2) is 0 Å². The first-order valence-corrected chi connectivity index (χ1v) is 9.07. The van der Waals surface area contributed by atoms with E-state index >= 15 is 0 Å². The van der Waals surface area contributed by atoms with Crippen molar-refractivity contribution in [3.8, 4) is 0 Å². The van der Waals surface area contributed by atoms with E-state index in [9.17, 15) is 5.11 Å². The van der Waals surface area contributed by atoms with Crippen LogP contribution < -0.4 is 4.90 Å². The van der Waals surface area contributed by atoms with Crippen molar-refractivity contribution in [3.05, 3.63) is 29.8 Å². The third kappa shape index (κ3) is 3.41. The number of nitrogens with zero attached hydrogens (tertiary/aromatic N) is 2. The molecule has 2 aliphatic rings. The zero-order valence-electron chi connectivity index (χ0n) is 15.3. The van der Waals surface area contributed by atoms with E-state index in [0.29, 0.717) is 5.92 Å². The number of hydrogen-bond acceptors (Lipinski definition) is 3. The standard InChI is InChI=1S/C20H32N2O/c1-14(2)16-7-6-8-19(9-16)22-12-17-10-21(11-18(17)13-22)15(3)20(4,5)23/h6-9,14-15,17-18,23H,10-13H2,1-5H3. The lowest BCUT2D eigenvalue weighted by Crippen LogP contribution is -2.47. The molecule has 1 N–H and O–H groups in total. The monoisotopic (exact) mass is 316 g/mol. The highest BCUT2D eigenvalue weighted by Crippen LogP contribution is 2.36. The second-order valence-corrected chi connectivity index (χ2v) is 8.46. The average molecular weight is 316 g/mol. The molecule has 3 nitrogen and oxygen atoms in total. The Kier molecular flexibility index (Phi) is 4.45. The van der Waals surface area contributed by atoms with Gasteiger partial charge in [-0.1, -0.05) is 26.0 Å². The summed E-state index contributed by atoms with van der Waals surface area (Å²) in [7, 11) is 0. The lowest BCUT2D eigenvalue weighted by Gasteiger charge is -2.35. The fourth-order valence-corrected chi connectivity index (χ4v) is 4.08. The normalized spacial score (nSPS) is 26.8. The predicted octanol–water partition coefficient (Wildman–Crippen LogP) is 3.34. The topological polar surface area (TPSA) is 26.7 Å². The van der Waals surface area contributed by atoms with Gasteiger partial charge in [0.25, 0.3) is 0 Å². The minimum absolute atomic E-state index is 0.228. The summed E-state index contributed by atoms with van der Waals surface area (Å²) in [6, 6.07) is 9.28. The predicted molar refractivity (Wildman–Crippen MR) is 97.1 cm³/mol. The van der Waals surface area contributed by atoms with E-state index in [2.05, 4.69) is 54.8 Å². The number of rotatable bonds is 4. The molecule has 2 aliphatic heterocycles. The summed E-state index contributed by atoms with van der Waals surface area (Å²) >= 11 is 0. The Labute approximate surface area is 141 Å². The Morgan fingerprint density at radius 3 is 2.17 bits per heavy atom. The first kappa shape index (κ1) is 16.8. The number of aliphatic hydroxyl groups is 1. The number of anilines is 1. The Balaban J connectivity index is 1.65. The molecule has 1 aromatic rings. The molecule has 3 unspecified atom stereocenters. The lowest BCUT2D eigenvalue weighted by atomic mass is 9.99. The number of fused-ring (bicyclic) bond motifs is 1. The highest BCUT2D eigenvalue weighted by molar-refractivity contribution is 5.50. The Morgan fingerprint density at radius 2 is 1.65 bits per heavy atom. The van der Waals surface area contributed by atoms with Crippen molar-refractivity contribution in [3.63, 3.8) is 0 Å². The summed E-state index contributed by atoms with van der Waals surface area (Å²) in [5, 5.41) is 10.3. The first-order chi connectivity index (χ1) is 10.8. The molecule has 2 fully saturated rings. The second kappa shape index (κ2) is 6.10. The summed E-state index contributed by atoms with van der Waals surface area (Å²) < 4.78 is 0. The van der Waals surface area contributed by atoms with E-state index in [-0.39, 0.29) is 6.04 Å². The summed E-state index contributed by atoms with van der Waals surface area (Å²) in [6.07, 6.45) is 0. The van der Waals surface area contributed by atoms with Crippen LogP contribution in [0.15, 0.2) is 24.3 Å². The molecule has 1 aromatic carbocycles. The second-order valence-electron chi connectivity index (χ2n) is 8.46. The molecule has 3 atom stereocenters. The van der Waals surface area contributed by atoms with Crippen molar-refractivity contribution in [1.29, 1.82) is 0 Å². The van der Waals surface area contributed by atoms with E-state index in [1.165, 1.54) is 11.3 Å². The molecular weight excluding hydrogens is 284 g/mol. The van der Waals surface area contributed by atoms with Crippen molar-refractivity contribution in [2.45, 2.75) is 52.2 Å². The zero-order chi connectivity index (χ0) is 16.8. The molecule has 2 saturated heterocycles. The van der Waals surface area contributed by atoms with Gasteiger partial charge in [0.1, 0.15) is 0 Å². The Morgan fingerprint density at radius 1 is 1.04 bits per heavy atom. The molecule has 2 heterocycles. The fraction of sp³-hybridized carbons (Fsp3) is 0.700. The first-order valence-electron chi connectivity index (χ1n) is 9.07. The van der Waals surface area contributed by atoms with Crippen LogP contribution in [0, 0.1) is 11.8 Å². The van der Waals surface area contributed by atoms with Crippen LogP contribution in [0.2, 0.25) is 0 Å². The lowest BCUT2D eigenvalue weighted by molar-refractivity contribution is -0.00539. The van der Waals surface area contributed by atoms with Gasteiger partial charge in [-0.3, -0.25) is 4.90 Å². The number of likely N-dealkylation sites (tertiary alicyclic amines) is 1. The van der Waals surface area contributed by atoms with E-state index in [4.69, 9.17) is 0 Å². The van der Waals surface area contributed by atoms with Crippen molar-refractivity contribution in [2.75, 3.05) is 31.1 Å². The molecule has 0 amide bonds. The molecule has 3 heteroatoms. The van der Waals surface area contributed by atoms with Crippen molar-refractivity contribution in [1.82, 2.24) is 4.90 Å². The van der Waals surface area contributed by atoms with E-state index in [1.54, 1.807) is 0 Å². The van der Waals surface area contributed by atoms with Crippen LogP contribution in [0.3, 0.4) is 0 Å². The largest absolute Gasteiger partial charge is 0.389 e. The summed E-state index contributed by atoms with van der Waals surface area (Å²) in [5.74, 6) is 2.06. The van der Waals surface area contributed by atoms with Gasteiger partial charge in [-0.05, 0) is 56.2 Å². The zero-order valence-corrected chi connectivity index (χ0v) is 15.3. The molecule has 0 saturated carbocycles. The highest BCUT2D eigenvalue weighted by atomic mass is 16.3. The van der Waals surface area contributed by atoms with Crippen molar-refractivity contribution < 1.29 is 5.11 Å². The molecule has 0 aromatic heterocycles. The van der Waals surface area contributed by atoms with Crippen LogP contribution in [-0.4, -0.2) is 47.8 Å². The highest BCUT2D eigenvalue weighted by Gasteiger charge is 2.43. The Hall–Kier alpha value is -1.06. The Bertz CT molecular complexity index is 535. The third-order valence-electron chi connectivity index (χ3n) is 5.99. The molecule has 128 valence electrons. The molecule has 0 radical (unpaired) electrons. The number of hydrogen-bond donors (Lipinski definition) is 1. The summed E-state index contributed by atoms with van der Waals surface area (Å²) in [6.45, 7) is 15.1. The van der Waals surface area contributed by atoms with Gasteiger partial charge >= 0.3 is 0 Å². The van der Waals surface area contributed by atoms with E-state index in [1.807, 2.05) is 13.8 Å². The van der Waals surface area contributed by atoms with E-state index < -0.39 is 5.60 Å². The SMILES string of the molecule is CC(C)c1cccc(N2CC3CN(C(C)C(C)(C)O)CC3C2)c1. The third-order valence-corrected chi connectivity index (χ3v) is 5.99. The van der Waals surface area contributed by atoms with Crippen LogP contribution >= 0.6 is 0 Å². The van der Waals surface area contributed by atoms with Crippen molar-refractivity contribution in [2.24, 2.45) is 11.8 Å². The van der Waals surface area contributed by atoms with Crippen LogP contribution in [0.5, 0.6) is 0 Å². The van der Waals surface area contributed by atoms with Gasteiger partial charge in [-0.15, -0.1) is 0 Å². The van der Waals surface area contributed by atoms with Crippen LogP contribution in [0.1, 0.15) is 46.1 Å². The molecule has 23 heavy (non-hydrogen) atoms.